The molecule has 1 heterocycles. The van der Waals surface area contributed by atoms with Crippen LogP contribution >= 0.6 is 0 Å². The maximum atomic E-state index is 6.12. The van der Waals surface area contributed by atoms with Gasteiger partial charge in [-0.2, -0.15) is 0 Å². The highest BCUT2D eigenvalue weighted by Crippen LogP contribution is 2.35. The number of rotatable bonds is 5. The summed E-state index contributed by atoms with van der Waals surface area (Å²) in [6, 6.07) is 4.16. The topological polar surface area (TPSA) is 42.1 Å². The van der Waals surface area contributed by atoms with Gasteiger partial charge in [-0.3, -0.25) is 9.88 Å². The molecule has 3 nitrogen and oxygen atoms in total. The van der Waals surface area contributed by atoms with Gasteiger partial charge in [-0.15, -0.1) is 0 Å². The molecule has 1 fully saturated rings. The number of nitrogens with two attached hydrogens (primary N) is 1. The molecule has 0 saturated heterocycles. The highest BCUT2D eigenvalue weighted by atomic mass is 15.2. The number of hydrogen-bond donors (Lipinski definition) is 1. The van der Waals surface area contributed by atoms with Gasteiger partial charge in [0, 0.05) is 31.0 Å². The van der Waals surface area contributed by atoms with Gasteiger partial charge in [-0.05, 0) is 43.9 Å². The van der Waals surface area contributed by atoms with E-state index in [1.54, 1.807) is 0 Å². The SMILES string of the molecule is CC1CCCC(CN)(N(C)CCc2cccnc2)C1. The van der Waals surface area contributed by atoms with Gasteiger partial charge >= 0.3 is 0 Å². The monoisotopic (exact) mass is 261 g/mol. The predicted molar refractivity (Wildman–Crippen MR) is 80.0 cm³/mol. The van der Waals surface area contributed by atoms with Crippen LogP contribution < -0.4 is 5.73 Å². The quantitative estimate of drug-likeness (QED) is 0.885. The molecule has 0 aliphatic heterocycles. The van der Waals surface area contributed by atoms with Crippen LogP contribution in [0.2, 0.25) is 0 Å². The summed E-state index contributed by atoms with van der Waals surface area (Å²) in [4.78, 5) is 6.68. The molecular weight excluding hydrogens is 234 g/mol. The summed E-state index contributed by atoms with van der Waals surface area (Å²) >= 11 is 0. The molecule has 1 aromatic rings. The van der Waals surface area contributed by atoms with Crippen LogP contribution in [0.1, 0.15) is 38.2 Å². The molecule has 106 valence electrons. The Morgan fingerprint density at radius 3 is 3.00 bits per heavy atom. The van der Waals surface area contributed by atoms with Gasteiger partial charge in [0.2, 0.25) is 0 Å². The molecule has 1 saturated carbocycles. The van der Waals surface area contributed by atoms with Crippen molar-refractivity contribution in [1.82, 2.24) is 9.88 Å². The second kappa shape index (κ2) is 6.49. The lowest BCUT2D eigenvalue weighted by Crippen LogP contribution is -2.55. The van der Waals surface area contributed by atoms with Gasteiger partial charge in [0.1, 0.15) is 0 Å². The zero-order valence-corrected chi connectivity index (χ0v) is 12.3. The van der Waals surface area contributed by atoms with Crippen LogP contribution in [-0.2, 0) is 6.42 Å². The first-order valence-corrected chi connectivity index (χ1v) is 7.46. The summed E-state index contributed by atoms with van der Waals surface area (Å²) in [5, 5.41) is 0. The van der Waals surface area contributed by atoms with Crippen molar-refractivity contribution < 1.29 is 0 Å². The maximum Gasteiger partial charge on any atom is 0.0331 e. The van der Waals surface area contributed by atoms with Gasteiger partial charge < -0.3 is 5.73 Å². The molecule has 1 aliphatic carbocycles. The molecule has 2 unspecified atom stereocenters. The molecule has 3 heteroatoms. The summed E-state index contributed by atoms with van der Waals surface area (Å²) in [5.41, 5.74) is 7.65. The van der Waals surface area contributed by atoms with E-state index >= 15 is 0 Å². The first-order chi connectivity index (χ1) is 9.16. The number of hydrogen-bond acceptors (Lipinski definition) is 3. The van der Waals surface area contributed by atoms with Crippen LogP contribution in [0.3, 0.4) is 0 Å². The van der Waals surface area contributed by atoms with Crippen molar-refractivity contribution in [3.8, 4) is 0 Å². The smallest absolute Gasteiger partial charge is 0.0331 e. The van der Waals surface area contributed by atoms with Crippen molar-refractivity contribution in [1.29, 1.82) is 0 Å². The summed E-state index contributed by atoms with van der Waals surface area (Å²) in [6.07, 6.45) is 10.0. The molecule has 0 aromatic carbocycles. The fraction of sp³-hybridized carbons (Fsp3) is 0.688. The maximum absolute atomic E-state index is 6.12. The molecule has 1 aromatic heterocycles. The fourth-order valence-electron chi connectivity index (χ4n) is 3.40. The van der Waals surface area contributed by atoms with E-state index < -0.39 is 0 Å². The molecule has 19 heavy (non-hydrogen) atoms. The van der Waals surface area contributed by atoms with E-state index in [-0.39, 0.29) is 5.54 Å². The molecule has 2 atom stereocenters. The Bertz CT molecular complexity index is 379. The van der Waals surface area contributed by atoms with E-state index in [9.17, 15) is 0 Å². The van der Waals surface area contributed by atoms with Crippen LogP contribution in [0.25, 0.3) is 0 Å². The van der Waals surface area contributed by atoms with Crippen molar-refractivity contribution >= 4 is 0 Å². The molecule has 0 bridgehead atoms. The first kappa shape index (κ1) is 14.5. The van der Waals surface area contributed by atoms with Crippen LogP contribution in [-0.4, -0.2) is 35.6 Å². The van der Waals surface area contributed by atoms with Crippen molar-refractivity contribution in [3.05, 3.63) is 30.1 Å². The van der Waals surface area contributed by atoms with Crippen LogP contribution in [0, 0.1) is 5.92 Å². The largest absolute Gasteiger partial charge is 0.329 e. The summed E-state index contributed by atoms with van der Waals surface area (Å²) < 4.78 is 0. The number of nitrogens with zero attached hydrogens (tertiary/aromatic N) is 2. The minimum atomic E-state index is 0.222. The van der Waals surface area contributed by atoms with Crippen LogP contribution in [0.4, 0.5) is 0 Å². The highest BCUT2D eigenvalue weighted by molar-refractivity contribution is 5.09. The number of aromatic nitrogens is 1. The Morgan fingerprint density at radius 2 is 2.37 bits per heavy atom. The Hall–Kier alpha value is -0.930. The second-order valence-electron chi connectivity index (χ2n) is 6.16. The molecule has 1 aliphatic rings. The third kappa shape index (κ3) is 3.54. The van der Waals surface area contributed by atoms with Gasteiger partial charge in [0.05, 0.1) is 0 Å². The molecule has 0 radical (unpaired) electrons. The predicted octanol–water partition coefficient (Wildman–Crippen LogP) is 2.46. The van der Waals surface area contributed by atoms with E-state index in [2.05, 4.69) is 29.9 Å². The van der Waals surface area contributed by atoms with Crippen LogP contribution in [0.15, 0.2) is 24.5 Å². The minimum absolute atomic E-state index is 0.222. The van der Waals surface area contributed by atoms with E-state index in [1.165, 1.54) is 31.2 Å². The lowest BCUT2D eigenvalue weighted by molar-refractivity contribution is 0.0626. The number of pyridine rings is 1. The molecule has 2 N–H and O–H groups in total. The molecule has 0 amide bonds. The zero-order valence-electron chi connectivity index (χ0n) is 12.3. The van der Waals surface area contributed by atoms with Crippen molar-refractivity contribution in [3.63, 3.8) is 0 Å². The lowest BCUT2D eigenvalue weighted by atomic mass is 9.75. The van der Waals surface area contributed by atoms with E-state index in [4.69, 9.17) is 5.73 Å². The Kier molecular flexibility index (Phi) is 4.94. The lowest BCUT2D eigenvalue weighted by Gasteiger charge is -2.46. The normalized spacial score (nSPS) is 27.7. The third-order valence-corrected chi connectivity index (χ3v) is 4.72. The Balaban J connectivity index is 1.95. The average Bonchev–Trinajstić information content (AvgIpc) is 2.45. The van der Waals surface area contributed by atoms with Crippen LogP contribution in [0.5, 0.6) is 0 Å². The summed E-state index contributed by atoms with van der Waals surface area (Å²) in [5.74, 6) is 0.804. The molecule has 0 spiro atoms. The van der Waals surface area contributed by atoms with Gasteiger partial charge in [0.15, 0.2) is 0 Å². The minimum Gasteiger partial charge on any atom is -0.329 e. The summed E-state index contributed by atoms with van der Waals surface area (Å²) in [6.45, 7) is 4.20. The van der Waals surface area contributed by atoms with Gasteiger partial charge in [-0.25, -0.2) is 0 Å². The Morgan fingerprint density at radius 1 is 1.53 bits per heavy atom. The first-order valence-electron chi connectivity index (χ1n) is 7.46. The van der Waals surface area contributed by atoms with Crippen molar-refractivity contribution in [2.45, 2.75) is 44.6 Å². The molecular formula is C16H27N3. The second-order valence-corrected chi connectivity index (χ2v) is 6.16. The Labute approximate surface area is 117 Å². The third-order valence-electron chi connectivity index (χ3n) is 4.72. The van der Waals surface area contributed by atoms with Gasteiger partial charge in [0.25, 0.3) is 0 Å². The van der Waals surface area contributed by atoms with Crippen molar-refractivity contribution in [2.75, 3.05) is 20.1 Å². The zero-order chi connectivity index (χ0) is 13.7. The summed E-state index contributed by atoms with van der Waals surface area (Å²) in [7, 11) is 2.24. The highest BCUT2D eigenvalue weighted by Gasteiger charge is 2.36. The van der Waals surface area contributed by atoms with E-state index in [0.717, 1.165) is 25.4 Å². The van der Waals surface area contributed by atoms with Gasteiger partial charge in [-0.1, -0.05) is 25.8 Å². The number of likely N-dealkylation sites (N-methyl/N-ethyl adjacent to an activating group) is 1. The van der Waals surface area contributed by atoms with E-state index in [0.29, 0.717) is 0 Å². The fourth-order valence-corrected chi connectivity index (χ4v) is 3.40. The standard InChI is InChI=1S/C16H27N3/c1-14-5-3-8-16(11-14,13-17)19(2)10-7-15-6-4-9-18-12-15/h4,6,9,12,14H,3,5,7-8,10-11,13,17H2,1-2H3. The molecule has 2 rings (SSSR count). The average molecular weight is 261 g/mol. The van der Waals surface area contributed by atoms with Crippen molar-refractivity contribution in [2.24, 2.45) is 11.7 Å². The van der Waals surface area contributed by atoms with E-state index in [1.807, 2.05) is 18.5 Å².